The van der Waals surface area contributed by atoms with Gasteiger partial charge in [0, 0.05) is 12.8 Å². The van der Waals surface area contributed by atoms with Crippen LogP contribution in [0.4, 0.5) is 0 Å². The number of allylic oxidation sites excluding steroid dienone is 5. The zero-order valence-corrected chi connectivity index (χ0v) is 9.29. The van der Waals surface area contributed by atoms with Crippen LogP contribution < -0.4 is 0 Å². The molecular formula is C13H18O2. The van der Waals surface area contributed by atoms with E-state index in [-0.39, 0.29) is 0 Å². The Labute approximate surface area is 91.3 Å². The highest BCUT2D eigenvalue weighted by atomic mass is 16.7. The molecule has 0 bridgehead atoms. The van der Waals surface area contributed by atoms with Crippen LogP contribution in [0.3, 0.4) is 0 Å². The van der Waals surface area contributed by atoms with Gasteiger partial charge in [-0.15, -0.1) is 0 Å². The second-order valence-electron chi connectivity index (χ2n) is 3.94. The lowest BCUT2D eigenvalue weighted by Crippen LogP contribution is -1.96. The van der Waals surface area contributed by atoms with Crippen molar-refractivity contribution in [3.63, 3.8) is 0 Å². The largest absolute Gasteiger partial charge is 0.431 e. The molecule has 0 aromatic rings. The van der Waals surface area contributed by atoms with Crippen LogP contribution in [0.25, 0.3) is 0 Å². The molecule has 0 fully saturated rings. The molecule has 0 atom stereocenters. The fourth-order valence-corrected chi connectivity index (χ4v) is 1.87. The highest BCUT2D eigenvalue weighted by molar-refractivity contribution is 5.06. The minimum absolute atomic E-state index is 0.635. The van der Waals surface area contributed by atoms with Gasteiger partial charge in [-0.3, -0.25) is 0 Å². The summed E-state index contributed by atoms with van der Waals surface area (Å²) >= 11 is 0. The highest BCUT2D eigenvalue weighted by Gasteiger charge is 2.12. The standard InChI is InChI=1S/C13H18O2/c1-2-13(14-11-7-3-4-8-11)15-12-9-5-6-10-12/h2,7,9H,3-6,8,10H2,1H3. The van der Waals surface area contributed by atoms with Crippen molar-refractivity contribution < 1.29 is 9.47 Å². The SMILES string of the molecule is CC=C(OC1=CCCC1)OC1=CCCC1. The molecule has 2 aliphatic carbocycles. The molecule has 2 rings (SSSR count). The van der Waals surface area contributed by atoms with E-state index >= 15 is 0 Å². The smallest absolute Gasteiger partial charge is 0.285 e. The van der Waals surface area contributed by atoms with Crippen molar-refractivity contribution in [3.05, 3.63) is 35.7 Å². The summed E-state index contributed by atoms with van der Waals surface area (Å²) in [6, 6.07) is 0. The maximum absolute atomic E-state index is 5.68. The minimum Gasteiger partial charge on any atom is -0.431 e. The predicted molar refractivity (Wildman–Crippen MR) is 59.8 cm³/mol. The van der Waals surface area contributed by atoms with E-state index in [0.29, 0.717) is 5.95 Å². The molecule has 0 radical (unpaired) electrons. The number of hydrogen-bond donors (Lipinski definition) is 0. The Bertz CT molecular complexity index is 282. The van der Waals surface area contributed by atoms with E-state index in [9.17, 15) is 0 Å². The van der Waals surface area contributed by atoms with Crippen LogP contribution in [0.5, 0.6) is 0 Å². The zero-order chi connectivity index (χ0) is 10.5. The van der Waals surface area contributed by atoms with Gasteiger partial charge in [0.1, 0.15) is 11.5 Å². The van der Waals surface area contributed by atoms with E-state index in [1.54, 1.807) is 0 Å². The Morgan fingerprint density at radius 1 is 1.07 bits per heavy atom. The number of ether oxygens (including phenoxy) is 2. The summed E-state index contributed by atoms with van der Waals surface area (Å²) < 4.78 is 11.4. The molecule has 0 spiro atoms. The molecule has 0 N–H and O–H groups in total. The fourth-order valence-electron chi connectivity index (χ4n) is 1.87. The van der Waals surface area contributed by atoms with Gasteiger partial charge in [-0.2, -0.15) is 0 Å². The minimum atomic E-state index is 0.635. The first-order valence-electron chi connectivity index (χ1n) is 5.78. The topological polar surface area (TPSA) is 18.5 Å². The van der Waals surface area contributed by atoms with Crippen molar-refractivity contribution in [2.45, 2.75) is 45.4 Å². The van der Waals surface area contributed by atoms with E-state index in [1.807, 2.05) is 13.0 Å². The third-order valence-electron chi connectivity index (χ3n) is 2.70. The van der Waals surface area contributed by atoms with Crippen molar-refractivity contribution in [2.75, 3.05) is 0 Å². The summed E-state index contributed by atoms with van der Waals surface area (Å²) in [6.07, 6.45) is 12.9. The normalized spacial score (nSPS) is 19.5. The van der Waals surface area contributed by atoms with Gasteiger partial charge in [-0.1, -0.05) is 0 Å². The summed E-state index contributed by atoms with van der Waals surface area (Å²) in [4.78, 5) is 0. The Hall–Kier alpha value is -1.18. The molecule has 15 heavy (non-hydrogen) atoms. The first-order chi connectivity index (χ1) is 7.38. The number of hydrogen-bond acceptors (Lipinski definition) is 2. The van der Waals surface area contributed by atoms with E-state index in [1.165, 1.54) is 12.8 Å². The molecule has 0 heterocycles. The highest BCUT2D eigenvalue weighted by Crippen LogP contribution is 2.26. The van der Waals surface area contributed by atoms with E-state index in [4.69, 9.17) is 9.47 Å². The van der Waals surface area contributed by atoms with Gasteiger partial charge in [-0.05, 0) is 50.8 Å². The van der Waals surface area contributed by atoms with E-state index in [0.717, 1.165) is 37.2 Å². The summed E-state index contributed by atoms with van der Waals surface area (Å²) in [5.74, 6) is 2.75. The van der Waals surface area contributed by atoms with Gasteiger partial charge in [0.2, 0.25) is 0 Å². The third-order valence-corrected chi connectivity index (χ3v) is 2.70. The van der Waals surface area contributed by atoms with Crippen molar-refractivity contribution >= 4 is 0 Å². The quantitative estimate of drug-likeness (QED) is 0.647. The van der Waals surface area contributed by atoms with Gasteiger partial charge < -0.3 is 9.47 Å². The average Bonchev–Trinajstić information content (AvgIpc) is 2.89. The van der Waals surface area contributed by atoms with Crippen molar-refractivity contribution in [1.29, 1.82) is 0 Å². The van der Waals surface area contributed by atoms with Crippen LogP contribution >= 0.6 is 0 Å². The van der Waals surface area contributed by atoms with Crippen LogP contribution in [0.1, 0.15) is 45.4 Å². The second-order valence-corrected chi connectivity index (χ2v) is 3.94. The maximum Gasteiger partial charge on any atom is 0.285 e. The van der Waals surface area contributed by atoms with Crippen molar-refractivity contribution in [2.24, 2.45) is 0 Å². The molecule has 2 aliphatic rings. The molecule has 0 amide bonds. The molecule has 0 aliphatic heterocycles. The van der Waals surface area contributed by atoms with Gasteiger partial charge in [0.25, 0.3) is 5.95 Å². The fraction of sp³-hybridized carbons (Fsp3) is 0.538. The molecule has 0 unspecified atom stereocenters. The Morgan fingerprint density at radius 3 is 1.93 bits per heavy atom. The summed E-state index contributed by atoms with van der Waals surface area (Å²) in [7, 11) is 0. The first kappa shape index (κ1) is 10.3. The van der Waals surface area contributed by atoms with Crippen LogP contribution in [-0.2, 0) is 9.47 Å². The van der Waals surface area contributed by atoms with Gasteiger partial charge in [0.05, 0.1) is 0 Å². The van der Waals surface area contributed by atoms with E-state index in [2.05, 4.69) is 12.2 Å². The summed E-state index contributed by atoms with van der Waals surface area (Å²) in [6.45, 7) is 1.94. The second kappa shape index (κ2) is 5.06. The van der Waals surface area contributed by atoms with Crippen LogP contribution in [-0.4, -0.2) is 0 Å². The molecule has 0 saturated carbocycles. The van der Waals surface area contributed by atoms with Crippen LogP contribution in [0.2, 0.25) is 0 Å². The third kappa shape index (κ3) is 2.88. The number of rotatable bonds is 4. The lowest BCUT2D eigenvalue weighted by atomic mass is 10.3. The lowest BCUT2D eigenvalue weighted by Gasteiger charge is -2.12. The monoisotopic (exact) mass is 206 g/mol. The van der Waals surface area contributed by atoms with Gasteiger partial charge in [0.15, 0.2) is 0 Å². The molecule has 0 aromatic heterocycles. The molecule has 0 saturated heterocycles. The van der Waals surface area contributed by atoms with Crippen molar-refractivity contribution in [3.8, 4) is 0 Å². The molecule has 0 aromatic carbocycles. The molecular weight excluding hydrogens is 188 g/mol. The van der Waals surface area contributed by atoms with Crippen LogP contribution in [0, 0.1) is 0 Å². The van der Waals surface area contributed by atoms with Crippen molar-refractivity contribution in [1.82, 2.24) is 0 Å². The molecule has 82 valence electrons. The first-order valence-corrected chi connectivity index (χ1v) is 5.78. The molecule has 2 heteroatoms. The van der Waals surface area contributed by atoms with Crippen LogP contribution in [0.15, 0.2) is 35.7 Å². The summed E-state index contributed by atoms with van der Waals surface area (Å²) in [5, 5.41) is 0. The average molecular weight is 206 g/mol. The van der Waals surface area contributed by atoms with Gasteiger partial charge in [-0.25, -0.2) is 0 Å². The zero-order valence-electron chi connectivity index (χ0n) is 9.29. The Balaban J connectivity index is 1.87. The lowest BCUT2D eigenvalue weighted by molar-refractivity contribution is 0.106. The molecule has 2 nitrogen and oxygen atoms in total. The van der Waals surface area contributed by atoms with E-state index < -0.39 is 0 Å². The summed E-state index contributed by atoms with van der Waals surface area (Å²) in [5.41, 5.74) is 0. The Kier molecular flexibility index (Phi) is 3.49. The predicted octanol–water partition coefficient (Wildman–Crippen LogP) is 4.02. The Morgan fingerprint density at radius 2 is 1.60 bits per heavy atom. The maximum atomic E-state index is 5.68. The van der Waals surface area contributed by atoms with Gasteiger partial charge >= 0.3 is 0 Å².